The average molecular weight is 899 g/mol. The number of ether oxygens (including phenoxy) is 1. The minimum Gasteiger partial charge on any atom is -1.00 e. The van der Waals surface area contributed by atoms with E-state index in [0.29, 0.717) is 0 Å². The predicted octanol–water partition coefficient (Wildman–Crippen LogP) is 9.59. The summed E-state index contributed by atoms with van der Waals surface area (Å²) >= 11 is 1.80. The molecule has 0 radical (unpaired) electrons. The third-order valence-electron chi connectivity index (χ3n) is 10.1. The number of aryl methyl sites for hydroxylation is 2. The summed E-state index contributed by atoms with van der Waals surface area (Å²) in [5.74, 6) is 0. The van der Waals surface area contributed by atoms with Crippen molar-refractivity contribution in [1.29, 1.82) is 0 Å². The molecule has 0 saturated carbocycles. The van der Waals surface area contributed by atoms with E-state index in [9.17, 15) is 0 Å². The summed E-state index contributed by atoms with van der Waals surface area (Å²) in [5.41, 5.74) is 11.3. The van der Waals surface area contributed by atoms with E-state index in [2.05, 4.69) is 192 Å². The Morgan fingerprint density at radius 2 is 0.930 bits per heavy atom. The van der Waals surface area contributed by atoms with Gasteiger partial charge in [0, 0.05) is 0 Å². The molecule has 0 aliphatic heterocycles. The second-order valence-corrected chi connectivity index (χ2v) is 27.0. The molecule has 6 rings (SSSR count). The SMILES string of the molecule is C[Si](=[Zr+2])CCCCCCCOC(C)(C)C.Cc1cc2c(-c3ccc(C(C)(C)C)cc3)cccc2[cH-]1.Cc1cc2c(-c3ccc(C(C)(C)C)cc3)cccc2[cH-]1.[Cl-].[Cl-]. The Bertz CT molecular complexity index is 1970. The minimum atomic E-state index is 0. The molecule has 0 aliphatic carbocycles. The number of rotatable bonds is 10. The first kappa shape index (κ1) is 50.9. The molecule has 57 heavy (non-hydrogen) atoms. The van der Waals surface area contributed by atoms with Crippen LogP contribution in [0.5, 0.6) is 0 Å². The van der Waals surface area contributed by atoms with E-state index < -0.39 is 0 Å². The maximum atomic E-state index is 5.68. The number of unbranched alkanes of at least 4 members (excludes halogenated alkanes) is 4. The molecule has 0 aliphatic rings. The molecule has 1 nitrogen and oxygen atoms in total. The van der Waals surface area contributed by atoms with Gasteiger partial charge in [0.1, 0.15) is 0 Å². The molecule has 0 atom stereocenters. The summed E-state index contributed by atoms with van der Waals surface area (Å²) in [4.78, 5) is 0. The zero-order valence-corrected chi connectivity index (χ0v) is 42.0. The molecule has 0 saturated heterocycles. The van der Waals surface area contributed by atoms with Gasteiger partial charge in [-0.05, 0) is 33.1 Å². The number of hydrogen-bond donors (Lipinski definition) is 0. The first-order valence-corrected chi connectivity index (χ1v) is 26.4. The van der Waals surface area contributed by atoms with E-state index >= 15 is 0 Å². The molecule has 0 aromatic heterocycles. The molecule has 0 heterocycles. The van der Waals surface area contributed by atoms with Crippen molar-refractivity contribution in [2.45, 2.75) is 137 Å². The smallest absolute Gasteiger partial charge is 0.0132 e. The summed E-state index contributed by atoms with van der Waals surface area (Å²) in [6, 6.07) is 41.7. The van der Waals surface area contributed by atoms with E-state index in [1.54, 1.807) is 23.3 Å². The van der Waals surface area contributed by atoms with Crippen LogP contribution >= 0.6 is 0 Å². The fourth-order valence-electron chi connectivity index (χ4n) is 6.97. The van der Waals surface area contributed by atoms with E-state index in [-0.39, 0.29) is 46.7 Å². The van der Waals surface area contributed by atoms with E-state index in [0.717, 1.165) is 6.61 Å². The van der Waals surface area contributed by atoms with Crippen LogP contribution in [0.2, 0.25) is 12.6 Å². The molecule has 0 fully saturated rings. The van der Waals surface area contributed by atoms with E-state index in [4.69, 9.17) is 4.74 Å². The Morgan fingerprint density at radius 1 is 0.544 bits per heavy atom. The summed E-state index contributed by atoms with van der Waals surface area (Å²) < 4.78 is 5.68. The first-order chi connectivity index (χ1) is 25.8. The molecular weight excluding hydrogens is 831 g/mol. The van der Waals surface area contributed by atoms with Gasteiger partial charge in [0.25, 0.3) is 0 Å². The van der Waals surface area contributed by atoms with Gasteiger partial charge in [0.15, 0.2) is 0 Å². The zero-order valence-electron chi connectivity index (χ0n) is 37.0. The first-order valence-electron chi connectivity index (χ1n) is 20.5. The fourth-order valence-corrected chi connectivity index (χ4v) is 9.06. The predicted molar refractivity (Wildman–Crippen MR) is 242 cm³/mol. The van der Waals surface area contributed by atoms with Crippen LogP contribution in [0.4, 0.5) is 0 Å². The van der Waals surface area contributed by atoms with Gasteiger partial charge in [-0.1, -0.05) is 127 Å². The summed E-state index contributed by atoms with van der Waals surface area (Å²) in [7, 11) is 0. The van der Waals surface area contributed by atoms with Crippen molar-refractivity contribution in [3.05, 3.63) is 131 Å². The number of fused-ring (bicyclic) bond motifs is 2. The molecule has 0 N–H and O–H groups in total. The van der Waals surface area contributed by atoms with Crippen LogP contribution in [0.1, 0.15) is 117 Å². The molecule has 0 spiro atoms. The average Bonchev–Trinajstić information content (AvgIpc) is 3.69. The van der Waals surface area contributed by atoms with Crippen LogP contribution in [0, 0.1) is 13.8 Å². The van der Waals surface area contributed by atoms with Crippen LogP contribution in [-0.4, -0.2) is 17.6 Å². The van der Waals surface area contributed by atoms with Crippen molar-refractivity contribution in [2.24, 2.45) is 0 Å². The number of benzene rings is 4. The van der Waals surface area contributed by atoms with Crippen LogP contribution in [0.15, 0.2) is 109 Å². The van der Waals surface area contributed by atoms with Crippen molar-refractivity contribution >= 4 is 27.0 Å². The normalized spacial score (nSPS) is 11.5. The summed E-state index contributed by atoms with van der Waals surface area (Å²) in [5, 5.41) is 5.38. The molecule has 6 aromatic rings. The maximum Gasteiger partial charge on any atom is -0.0132 e. The third kappa shape index (κ3) is 16.4. The Balaban J connectivity index is 0.000000294. The Labute approximate surface area is 374 Å². The van der Waals surface area contributed by atoms with Gasteiger partial charge in [-0.15, -0.1) is 69.1 Å². The molecule has 5 heteroatoms. The molecule has 306 valence electrons. The standard InChI is InChI=1S/2C20H21.C12H26OSi.2ClH.Zr/c2*1-14-12-16-6-5-7-18(19(16)13-14)15-8-10-17(11-9-15)20(2,3)4;1-12(2,3)13-10-8-6-5-7-9-11-14-4;;;/h2*5-13H,1-4H3;5-11H2,1-4H3;2*1H;/q2*-1;;;;+2/p-2. The van der Waals surface area contributed by atoms with Crippen LogP contribution in [-0.2, 0) is 38.9 Å². The Morgan fingerprint density at radius 3 is 1.30 bits per heavy atom. The third-order valence-corrected chi connectivity index (χ3v) is 13.1. The van der Waals surface area contributed by atoms with Gasteiger partial charge in [0.2, 0.25) is 0 Å². The van der Waals surface area contributed by atoms with Gasteiger partial charge in [0.05, 0.1) is 0 Å². The fraction of sp³-hybridized carbons (Fsp3) is 0.423. The van der Waals surface area contributed by atoms with Gasteiger partial charge in [-0.3, -0.25) is 0 Å². The maximum absolute atomic E-state index is 5.68. The number of hydrogen-bond acceptors (Lipinski definition) is 1. The van der Waals surface area contributed by atoms with Gasteiger partial charge >= 0.3 is 111 Å². The van der Waals surface area contributed by atoms with Crippen LogP contribution < -0.4 is 24.8 Å². The molecule has 6 aromatic carbocycles. The van der Waals surface area contributed by atoms with Crippen LogP contribution in [0.3, 0.4) is 0 Å². The Kier molecular flexibility index (Phi) is 20.5. The molecular formula is C52H68Cl2OSiZr-2. The van der Waals surface area contributed by atoms with Crippen molar-refractivity contribution in [3.8, 4) is 22.3 Å². The zero-order chi connectivity index (χ0) is 40.4. The Hall–Kier alpha value is -2.26. The second-order valence-electron chi connectivity index (χ2n) is 18.6. The van der Waals surface area contributed by atoms with Crippen molar-refractivity contribution < 1.29 is 52.9 Å². The molecule has 0 amide bonds. The van der Waals surface area contributed by atoms with Crippen molar-refractivity contribution in [3.63, 3.8) is 0 Å². The molecule has 0 unspecified atom stereocenters. The largest absolute Gasteiger partial charge is 1.00 e. The van der Waals surface area contributed by atoms with Gasteiger partial charge in [-0.2, -0.15) is 12.1 Å². The quantitative estimate of drug-likeness (QED) is 0.0757. The van der Waals surface area contributed by atoms with Gasteiger partial charge < -0.3 is 24.8 Å². The van der Waals surface area contributed by atoms with Gasteiger partial charge in [-0.25, -0.2) is 0 Å². The molecule has 0 bridgehead atoms. The monoisotopic (exact) mass is 896 g/mol. The minimum absolute atomic E-state index is 0. The van der Waals surface area contributed by atoms with E-state index in [1.807, 2.05) is 0 Å². The van der Waals surface area contributed by atoms with E-state index in [1.165, 1.54) is 104 Å². The number of halogens is 2. The van der Waals surface area contributed by atoms with Crippen LogP contribution in [0.25, 0.3) is 43.8 Å². The summed E-state index contributed by atoms with van der Waals surface area (Å²) in [6.45, 7) is 27.6. The van der Waals surface area contributed by atoms with Crippen molar-refractivity contribution in [1.82, 2.24) is 0 Å². The second kappa shape index (κ2) is 22.9. The topological polar surface area (TPSA) is 9.23 Å². The van der Waals surface area contributed by atoms with Crippen molar-refractivity contribution in [2.75, 3.05) is 6.61 Å². The summed E-state index contributed by atoms with van der Waals surface area (Å²) in [6.07, 6.45) is 6.89.